The van der Waals surface area contributed by atoms with Gasteiger partial charge in [0.2, 0.25) is 10.0 Å². The number of nitrogens with two attached hydrogens (primary N) is 1. The van der Waals surface area contributed by atoms with Crippen LogP contribution < -0.4 is 10.5 Å². The van der Waals surface area contributed by atoms with Crippen molar-refractivity contribution >= 4 is 20.9 Å². The fourth-order valence-electron chi connectivity index (χ4n) is 2.18. The van der Waals surface area contributed by atoms with Gasteiger partial charge in [0.25, 0.3) is 0 Å². The van der Waals surface area contributed by atoms with Gasteiger partial charge in [-0.2, -0.15) is 0 Å². The Hall–Kier alpha value is -1.50. The summed E-state index contributed by atoms with van der Waals surface area (Å²) in [5, 5.41) is 0.643. The SMILES string of the molecule is CCC(N)CCNS(=O)(=O)c1ccc(C)c2ncccc12. The number of aromatic nitrogens is 1. The third-order valence-electron chi connectivity index (χ3n) is 3.55. The second-order valence-corrected chi connectivity index (χ2v) is 6.87. The van der Waals surface area contributed by atoms with Crippen LogP contribution in [-0.4, -0.2) is 26.0 Å². The van der Waals surface area contributed by atoms with Crippen molar-refractivity contribution in [2.24, 2.45) is 5.73 Å². The van der Waals surface area contributed by atoms with E-state index >= 15 is 0 Å². The Kier molecular flexibility index (Phi) is 4.92. The van der Waals surface area contributed by atoms with Gasteiger partial charge in [-0.3, -0.25) is 4.98 Å². The molecule has 21 heavy (non-hydrogen) atoms. The van der Waals surface area contributed by atoms with Gasteiger partial charge in [0.15, 0.2) is 0 Å². The number of benzene rings is 1. The van der Waals surface area contributed by atoms with Crippen LogP contribution in [0.1, 0.15) is 25.3 Å². The topological polar surface area (TPSA) is 85.1 Å². The van der Waals surface area contributed by atoms with Crippen molar-refractivity contribution in [2.75, 3.05) is 6.54 Å². The maximum Gasteiger partial charge on any atom is 0.241 e. The van der Waals surface area contributed by atoms with Crippen molar-refractivity contribution in [3.8, 4) is 0 Å². The number of nitrogens with one attached hydrogen (secondary N) is 1. The Bertz CT molecular complexity index is 729. The Morgan fingerprint density at radius 2 is 2.10 bits per heavy atom. The maximum atomic E-state index is 12.4. The van der Waals surface area contributed by atoms with E-state index in [1.54, 1.807) is 30.5 Å². The highest BCUT2D eigenvalue weighted by molar-refractivity contribution is 7.89. The lowest BCUT2D eigenvalue weighted by Crippen LogP contribution is -2.30. The lowest BCUT2D eigenvalue weighted by atomic mass is 10.1. The molecule has 1 unspecified atom stereocenters. The van der Waals surface area contributed by atoms with Crippen LogP contribution in [0.5, 0.6) is 0 Å². The highest BCUT2D eigenvalue weighted by Crippen LogP contribution is 2.23. The number of pyridine rings is 1. The van der Waals surface area contributed by atoms with Crippen molar-refractivity contribution in [1.29, 1.82) is 0 Å². The molecule has 0 radical (unpaired) electrons. The van der Waals surface area contributed by atoms with Crippen LogP contribution in [0.15, 0.2) is 35.4 Å². The summed E-state index contributed by atoms with van der Waals surface area (Å²) in [5.41, 5.74) is 7.48. The second-order valence-electron chi connectivity index (χ2n) is 5.13. The van der Waals surface area contributed by atoms with Crippen LogP contribution >= 0.6 is 0 Å². The Labute approximate surface area is 125 Å². The number of aryl methyl sites for hydroxylation is 1. The molecule has 1 atom stereocenters. The molecule has 6 heteroatoms. The molecule has 0 amide bonds. The van der Waals surface area contributed by atoms with E-state index in [2.05, 4.69) is 9.71 Å². The van der Waals surface area contributed by atoms with Gasteiger partial charge in [-0.1, -0.05) is 13.0 Å². The first kappa shape index (κ1) is 15.9. The first-order valence-electron chi connectivity index (χ1n) is 7.05. The minimum absolute atomic E-state index is 0.0177. The largest absolute Gasteiger partial charge is 0.328 e. The number of sulfonamides is 1. The lowest BCUT2D eigenvalue weighted by molar-refractivity contribution is 0.558. The molecule has 1 heterocycles. The molecule has 5 nitrogen and oxygen atoms in total. The summed E-state index contributed by atoms with van der Waals surface area (Å²) in [6, 6.07) is 6.95. The number of hydrogen-bond donors (Lipinski definition) is 2. The molecule has 0 aliphatic heterocycles. The normalized spacial score (nSPS) is 13.5. The van der Waals surface area contributed by atoms with Crippen molar-refractivity contribution in [1.82, 2.24) is 9.71 Å². The summed E-state index contributed by atoms with van der Waals surface area (Å²) in [6.07, 6.45) is 3.12. The average molecular weight is 307 g/mol. The van der Waals surface area contributed by atoms with E-state index in [1.165, 1.54) is 0 Å². The predicted molar refractivity (Wildman–Crippen MR) is 84.6 cm³/mol. The van der Waals surface area contributed by atoms with E-state index in [1.807, 2.05) is 13.8 Å². The first-order chi connectivity index (χ1) is 9.95. The fourth-order valence-corrected chi connectivity index (χ4v) is 3.43. The zero-order chi connectivity index (χ0) is 15.5. The third-order valence-corrected chi connectivity index (χ3v) is 5.07. The molecule has 0 saturated heterocycles. The van der Waals surface area contributed by atoms with Gasteiger partial charge in [-0.15, -0.1) is 0 Å². The van der Waals surface area contributed by atoms with Gasteiger partial charge in [0, 0.05) is 24.2 Å². The van der Waals surface area contributed by atoms with Crippen LogP contribution in [0.4, 0.5) is 0 Å². The van der Waals surface area contributed by atoms with E-state index in [9.17, 15) is 8.42 Å². The van der Waals surface area contributed by atoms with E-state index in [0.29, 0.717) is 23.9 Å². The molecule has 1 aromatic heterocycles. The zero-order valence-electron chi connectivity index (χ0n) is 12.3. The maximum absolute atomic E-state index is 12.4. The Morgan fingerprint density at radius 1 is 1.33 bits per heavy atom. The highest BCUT2D eigenvalue weighted by Gasteiger charge is 2.18. The molecular formula is C15H21N3O2S. The van der Waals surface area contributed by atoms with Crippen LogP contribution in [0.25, 0.3) is 10.9 Å². The highest BCUT2D eigenvalue weighted by atomic mass is 32.2. The Morgan fingerprint density at radius 3 is 2.81 bits per heavy atom. The number of fused-ring (bicyclic) bond motifs is 1. The molecular weight excluding hydrogens is 286 g/mol. The van der Waals surface area contributed by atoms with Crippen LogP contribution in [-0.2, 0) is 10.0 Å². The van der Waals surface area contributed by atoms with Crippen molar-refractivity contribution < 1.29 is 8.42 Å². The standard InChI is InChI=1S/C15H21N3O2S/c1-3-12(16)8-10-18-21(19,20)14-7-6-11(2)15-13(14)5-4-9-17-15/h4-7,9,12,18H,3,8,10,16H2,1-2H3. The summed E-state index contributed by atoms with van der Waals surface area (Å²) < 4.78 is 27.5. The molecule has 0 spiro atoms. The molecule has 114 valence electrons. The summed E-state index contributed by atoms with van der Waals surface area (Å²) in [4.78, 5) is 4.53. The summed E-state index contributed by atoms with van der Waals surface area (Å²) in [6.45, 7) is 4.24. The minimum atomic E-state index is -3.55. The average Bonchev–Trinajstić information content (AvgIpc) is 2.47. The van der Waals surface area contributed by atoms with Crippen LogP contribution in [0, 0.1) is 6.92 Å². The number of nitrogens with zero attached hydrogens (tertiary/aromatic N) is 1. The number of rotatable bonds is 6. The minimum Gasteiger partial charge on any atom is -0.328 e. The van der Waals surface area contributed by atoms with E-state index in [4.69, 9.17) is 5.73 Å². The van der Waals surface area contributed by atoms with E-state index in [0.717, 1.165) is 12.0 Å². The summed E-state index contributed by atoms with van der Waals surface area (Å²) >= 11 is 0. The van der Waals surface area contributed by atoms with Crippen molar-refractivity contribution in [3.05, 3.63) is 36.0 Å². The molecule has 0 saturated carbocycles. The second kappa shape index (κ2) is 6.51. The Balaban J connectivity index is 2.31. The van der Waals surface area contributed by atoms with Crippen LogP contribution in [0.2, 0.25) is 0 Å². The van der Waals surface area contributed by atoms with Gasteiger partial charge in [-0.05, 0) is 43.5 Å². The van der Waals surface area contributed by atoms with Gasteiger partial charge in [-0.25, -0.2) is 13.1 Å². The first-order valence-corrected chi connectivity index (χ1v) is 8.53. The molecule has 1 aromatic carbocycles. The zero-order valence-corrected chi connectivity index (χ0v) is 13.2. The molecule has 0 aliphatic rings. The number of hydrogen-bond acceptors (Lipinski definition) is 4. The molecule has 0 bridgehead atoms. The van der Waals surface area contributed by atoms with E-state index < -0.39 is 10.0 Å². The van der Waals surface area contributed by atoms with Crippen LogP contribution in [0.3, 0.4) is 0 Å². The fraction of sp³-hybridized carbons (Fsp3) is 0.400. The summed E-state index contributed by atoms with van der Waals surface area (Å²) in [7, 11) is -3.55. The smallest absolute Gasteiger partial charge is 0.241 e. The quantitative estimate of drug-likeness (QED) is 0.854. The molecule has 0 fully saturated rings. The molecule has 2 aromatic rings. The molecule has 2 rings (SSSR count). The lowest BCUT2D eigenvalue weighted by Gasteiger charge is -2.12. The van der Waals surface area contributed by atoms with Crippen molar-refractivity contribution in [3.63, 3.8) is 0 Å². The van der Waals surface area contributed by atoms with Gasteiger partial charge in [0.1, 0.15) is 0 Å². The van der Waals surface area contributed by atoms with Gasteiger partial charge in [0.05, 0.1) is 10.4 Å². The van der Waals surface area contributed by atoms with Crippen molar-refractivity contribution in [2.45, 2.75) is 37.6 Å². The van der Waals surface area contributed by atoms with E-state index in [-0.39, 0.29) is 10.9 Å². The summed E-state index contributed by atoms with van der Waals surface area (Å²) in [5.74, 6) is 0. The third kappa shape index (κ3) is 3.58. The molecule has 0 aliphatic carbocycles. The monoisotopic (exact) mass is 307 g/mol. The predicted octanol–water partition coefficient (Wildman–Crippen LogP) is 1.95. The molecule has 3 N–H and O–H groups in total. The van der Waals surface area contributed by atoms with Gasteiger partial charge >= 0.3 is 0 Å². The van der Waals surface area contributed by atoms with Gasteiger partial charge < -0.3 is 5.73 Å².